The van der Waals surface area contributed by atoms with Crippen molar-refractivity contribution in [2.45, 2.75) is 24.9 Å². The van der Waals surface area contributed by atoms with Crippen LogP contribution in [0.5, 0.6) is 0 Å². The smallest absolute Gasteiger partial charge is 0.0570 e. The molecule has 2 nitrogen and oxygen atoms in total. The first kappa shape index (κ1) is 13.1. The van der Waals surface area contributed by atoms with Crippen molar-refractivity contribution >= 4 is 11.8 Å². The highest BCUT2D eigenvalue weighted by Gasteiger charge is 1.98. The van der Waals surface area contributed by atoms with Crippen molar-refractivity contribution in [3.63, 3.8) is 0 Å². The van der Waals surface area contributed by atoms with Crippen LogP contribution >= 0.6 is 11.8 Å². The van der Waals surface area contributed by atoms with E-state index in [1.54, 1.807) is 11.8 Å². The maximum Gasteiger partial charge on any atom is 0.0570 e. The minimum Gasteiger partial charge on any atom is -0.307 e. The van der Waals surface area contributed by atoms with E-state index in [0.717, 1.165) is 18.8 Å². The second-order valence-corrected chi connectivity index (χ2v) is 5.10. The summed E-state index contributed by atoms with van der Waals surface area (Å²) in [5, 5.41) is 3.43. The molecule has 0 saturated heterocycles. The fourth-order valence-corrected chi connectivity index (χ4v) is 2.18. The van der Waals surface area contributed by atoms with Crippen molar-refractivity contribution in [3.05, 3.63) is 59.4 Å². The second-order valence-electron chi connectivity index (χ2n) is 4.22. The first-order valence-corrected chi connectivity index (χ1v) is 7.26. The van der Waals surface area contributed by atoms with Crippen LogP contribution in [0.3, 0.4) is 0 Å². The lowest BCUT2D eigenvalue weighted by atomic mass is 10.2. The molecule has 0 aliphatic carbocycles. The van der Waals surface area contributed by atoms with E-state index >= 15 is 0 Å². The fourth-order valence-electron chi connectivity index (χ4n) is 1.77. The normalized spacial score (nSPS) is 10.6. The van der Waals surface area contributed by atoms with Crippen LogP contribution in [-0.2, 0) is 13.1 Å². The number of hydrogen-bond acceptors (Lipinski definition) is 3. The van der Waals surface area contributed by atoms with Gasteiger partial charge >= 0.3 is 0 Å². The van der Waals surface area contributed by atoms with Crippen molar-refractivity contribution in [2.75, 3.05) is 6.26 Å². The van der Waals surface area contributed by atoms with Gasteiger partial charge < -0.3 is 5.32 Å². The molecule has 0 spiro atoms. The van der Waals surface area contributed by atoms with Crippen LogP contribution < -0.4 is 5.32 Å². The second kappa shape index (κ2) is 6.57. The lowest BCUT2D eigenvalue weighted by Crippen LogP contribution is -2.14. The summed E-state index contributed by atoms with van der Waals surface area (Å²) >= 11 is 1.77. The summed E-state index contributed by atoms with van der Waals surface area (Å²) in [6, 6.07) is 12.7. The number of nitrogens with zero attached hydrogens (tertiary/aromatic N) is 1. The third kappa shape index (κ3) is 3.59. The molecular formula is C15H18N2S. The maximum atomic E-state index is 4.37. The van der Waals surface area contributed by atoms with E-state index in [-0.39, 0.29) is 0 Å². The summed E-state index contributed by atoms with van der Waals surface area (Å²) in [4.78, 5) is 5.68. The Balaban J connectivity index is 1.86. The van der Waals surface area contributed by atoms with Crippen molar-refractivity contribution in [3.8, 4) is 0 Å². The number of thioether (sulfide) groups is 1. The molecule has 0 radical (unpaired) electrons. The van der Waals surface area contributed by atoms with Gasteiger partial charge in [0, 0.05) is 24.2 Å². The Labute approximate surface area is 113 Å². The molecular weight excluding hydrogens is 240 g/mol. The van der Waals surface area contributed by atoms with Crippen molar-refractivity contribution < 1.29 is 0 Å². The Morgan fingerprint density at radius 2 is 1.89 bits per heavy atom. The predicted octanol–water partition coefficient (Wildman–Crippen LogP) is 3.40. The quantitative estimate of drug-likeness (QED) is 0.832. The van der Waals surface area contributed by atoms with E-state index in [9.17, 15) is 0 Å². The molecule has 2 aromatic rings. The van der Waals surface area contributed by atoms with Crippen molar-refractivity contribution in [2.24, 2.45) is 0 Å². The van der Waals surface area contributed by atoms with Gasteiger partial charge in [-0.15, -0.1) is 11.8 Å². The number of aromatic nitrogens is 1. The van der Waals surface area contributed by atoms with E-state index in [1.807, 2.05) is 12.3 Å². The lowest BCUT2D eigenvalue weighted by molar-refractivity contribution is 0.676. The van der Waals surface area contributed by atoms with Crippen LogP contribution in [-0.4, -0.2) is 11.2 Å². The van der Waals surface area contributed by atoms with Crippen LogP contribution in [0.2, 0.25) is 0 Å². The fraction of sp³-hybridized carbons (Fsp3) is 0.267. The molecule has 0 unspecified atom stereocenters. The minimum atomic E-state index is 0.816. The molecule has 18 heavy (non-hydrogen) atoms. The van der Waals surface area contributed by atoms with Crippen molar-refractivity contribution in [1.29, 1.82) is 0 Å². The van der Waals surface area contributed by atoms with Crippen LogP contribution in [0.4, 0.5) is 0 Å². The van der Waals surface area contributed by atoms with Crippen LogP contribution in [0.25, 0.3) is 0 Å². The molecule has 94 valence electrons. The van der Waals surface area contributed by atoms with Gasteiger partial charge in [-0.05, 0) is 42.5 Å². The summed E-state index contributed by atoms with van der Waals surface area (Å²) in [6.45, 7) is 3.79. The average Bonchev–Trinajstić information content (AvgIpc) is 2.42. The molecule has 1 aromatic carbocycles. The van der Waals surface area contributed by atoms with Crippen molar-refractivity contribution in [1.82, 2.24) is 10.3 Å². The monoisotopic (exact) mass is 258 g/mol. The third-order valence-electron chi connectivity index (χ3n) is 2.90. The summed E-state index contributed by atoms with van der Waals surface area (Å²) in [6.07, 6.45) is 3.94. The zero-order chi connectivity index (χ0) is 12.8. The summed E-state index contributed by atoms with van der Waals surface area (Å²) < 4.78 is 0. The summed E-state index contributed by atoms with van der Waals surface area (Å²) in [5.41, 5.74) is 3.67. The predicted molar refractivity (Wildman–Crippen MR) is 77.7 cm³/mol. The molecule has 0 aliphatic rings. The standard InChI is InChI=1S/C15H18N2S/c1-12-4-3-9-17-15(12)11-16-10-13-5-7-14(18-2)8-6-13/h3-9,16H,10-11H2,1-2H3. The van der Waals surface area contributed by atoms with Gasteiger partial charge in [-0.25, -0.2) is 0 Å². The first-order chi connectivity index (χ1) is 8.79. The molecule has 1 N–H and O–H groups in total. The zero-order valence-corrected chi connectivity index (χ0v) is 11.6. The molecule has 0 fully saturated rings. The number of nitrogens with one attached hydrogen (secondary N) is 1. The van der Waals surface area contributed by atoms with E-state index < -0.39 is 0 Å². The van der Waals surface area contributed by atoms with Gasteiger partial charge in [-0.1, -0.05) is 18.2 Å². The van der Waals surface area contributed by atoms with Gasteiger partial charge in [-0.3, -0.25) is 4.98 Å². The Hall–Kier alpha value is -1.32. The highest BCUT2D eigenvalue weighted by Crippen LogP contribution is 2.14. The number of aryl methyl sites for hydroxylation is 1. The number of rotatable bonds is 5. The summed E-state index contributed by atoms with van der Waals surface area (Å²) in [5.74, 6) is 0. The highest BCUT2D eigenvalue weighted by atomic mass is 32.2. The largest absolute Gasteiger partial charge is 0.307 e. The molecule has 0 aliphatic heterocycles. The Morgan fingerprint density at radius 3 is 2.56 bits per heavy atom. The van der Waals surface area contributed by atoms with Crippen LogP contribution in [0.1, 0.15) is 16.8 Å². The topological polar surface area (TPSA) is 24.9 Å². The van der Waals surface area contributed by atoms with E-state index in [2.05, 4.69) is 53.8 Å². The van der Waals surface area contributed by atoms with E-state index in [1.165, 1.54) is 16.0 Å². The molecule has 3 heteroatoms. The molecule has 0 bridgehead atoms. The van der Waals surface area contributed by atoms with Gasteiger partial charge in [0.2, 0.25) is 0 Å². The van der Waals surface area contributed by atoms with Gasteiger partial charge in [0.05, 0.1) is 5.69 Å². The Morgan fingerprint density at radius 1 is 1.11 bits per heavy atom. The zero-order valence-electron chi connectivity index (χ0n) is 10.8. The van der Waals surface area contributed by atoms with Gasteiger partial charge in [0.25, 0.3) is 0 Å². The molecule has 0 amide bonds. The highest BCUT2D eigenvalue weighted by molar-refractivity contribution is 7.98. The van der Waals surface area contributed by atoms with Crippen LogP contribution in [0.15, 0.2) is 47.5 Å². The number of benzene rings is 1. The molecule has 0 saturated carbocycles. The molecule has 1 aromatic heterocycles. The first-order valence-electron chi connectivity index (χ1n) is 6.04. The van der Waals surface area contributed by atoms with Gasteiger partial charge in [0.15, 0.2) is 0 Å². The SMILES string of the molecule is CSc1ccc(CNCc2ncccc2C)cc1. The lowest BCUT2D eigenvalue weighted by Gasteiger charge is -2.07. The number of hydrogen-bond donors (Lipinski definition) is 1. The van der Waals surface area contributed by atoms with Gasteiger partial charge in [-0.2, -0.15) is 0 Å². The van der Waals surface area contributed by atoms with Crippen LogP contribution in [0, 0.1) is 6.92 Å². The number of pyridine rings is 1. The minimum absolute atomic E-state index is 0.816. The van der Waals surface area contributed by atoms with E-state index in [4.69, 9.17) is 0 Å². The molecule has 2 rings (SSSR count). The third-order valence-corrected chi connectivity index (χ3v) is 3.64. The summed E-state index contributed by atoms with van der Waals surface area (Å²) in [7, 11) is 0. The Kier molecular flexibility index (Phi) is 4.79. The average molecular weight is 258 g/mol. The Bertz CT molecular complexity index is 494. The molecule has 0 atom stereocenters. The maximum absolute atomic E-state index is 4.37. The molecule has 1 heterocycles. The van der Waals surface area contributed by atoms with Gasteiger partial charge in [0.1, 0.15) is 0 Å². The van der Waals surface area contributed by atoms with E-state index in [0.29, 0.717) is 0 Å².